The number of ether oxygens (including phenoxy) is 1. The average molecular weight is 227 g/mol. The predicted octanol–water partition coefficient (Wildman–Crippen LogP) is 1.02. The summed E-state index contributed by atoms with van der Waals surface area (Å²) in [5.41, 5.74) is -0.930. The first kappa shape index (κ1) is 14.9. The molecule has 0 aliphatic rings. The topological polar surface area (TPSA) is 58.6 Å². The highest BCUT2D eigenvalue weighted by atomic mass is 16.5. The van der Waals surface area contributed by atoms with Crippen molar-refractivity contribution in [2.45, 2.75) is 25.9 Å². The van der Waals surface area contributed by atoms with E-state index in [-0.39, 0.29) is 12.5 Å². The Kier molecular flexibility index (Phi) is 7.50. The largest absolute Gasteiger partial charge is 0.388 e. The molecule has 0 aromatic rings. The van der Waals surface area contributed by atoms with E-state index in [0.29, 0.717) is 13.0 Å². The Morgan fingerprint density at radius 1 is 1.50 bits per heavy atom. The standard InChI is InChI=1S/C12H21NO3/c1-4-5-6-7-11(14)13-10-12(2,15)8-9-16-3/h4-7,15H,8-10H2,1-3H3,(H,13,14)/b5-4?,7-6+. The minimum atomic E-state index is -0.930. The highest BCUT2D eigenvalue weighted by Gasteiger charge is 2.20. The number of amides is 1. The van der Waals surface area contributed by atoms with Gasteiger partial charge in [-0.25, -0.2) is 0 Å². The molecule has 0 heterocycles. The van der Waals surface area contributed by atoms with Gasteiger partial charge in [-0.1, -0.05) is 18.2 Å². The fourth-order valence-corrected chi connectivity index (χ4v) is 1.00. The number of carbonyl (C=O) groups is 1. The van der Waals surface area contributed by atoms with Crippen molar-refractivity contribution in [3.63, 3.8) is 0 Å². The van der Waals surface area contributed by atoms with Crippen molar-refractivity contribution in [2.75, 3.05) is 20.3 Å². The molecule has 4 nitrogen and oxygen atoms in total. The highest BCUT2D eigenvalue weighted by Crippen LogP contribution is 2.07. The van der Waals surface area contributed by atoms with E-state index in [9.17, 15) is 9.90 Å². The smallest absolute Gasteiger partial charge is 0.244 e. The molecular weight excluding hydrogens is 206 g/mol. The number of hydrogen-bond acceptors (Lipinski definition) is 3. The average Bonchev–Trinajstić information content (AvgIpc) is 2.24. The second kappa shape index (κ2) is 8.07. The molecule has 1 amide bonds. The van der Waals surface area contributed by atoms with Crippen LogP contribution in [0.25, 0.3) is 0 Å². The van der Waals surface area contributed by atoms with Crippen LogP contribution in [0, 0.1) is 0 Å². The summed E-state index contributed by atoms with van der Waals surface area (Å²) in [4.78, 5) is 11.3. The van der Waals surface area contributed by atoms with Gasteiger partial charge in [0.05, 0.1) is 5.60 Å². The maximum absolute atomic E-state index is 11.3. The highest BCUT2D eigenvalue weighted by molar-refractivity contribution is 5.87. The Morgan fingerprint density at radius 3 is 2.75 bits per heavy atom. The molecule has 0 saturated heterocycles. The molecule has 4 heteroatoms. The zero-order chi connectivity index (χ0) is 12.4. The molecule has 0 fully saturated rings. The van der Waals surface area contributed by atoms with Crippen molar-refractivity contribution in [2.24, 2.45) is 0 Å². The van der Waals surface area contributed by atoms with Crippen molar-refractivity contribution in [1.82, 2.24) is 5.32 Å². The normalized spacial score (nSPS) is 15.5. The number of rotatable bonds is 7. The summed E-state index contributed by atoms with van der Waals surface area (Å²) >= 11 is 0. The molecule has 2 N–H and O–H groups in total. The Hall–Kier alpha value is -1.13. The maximum atomic E-state index is 11.3. The number of hydrogen-bond donors (Lipinski definition) is 2. The predicted molar refractivity (Wildman–Crippen MR) is 64.1 cm³/mol. The lowest BCUT2D eigenvalue weighted by molar-refractivity contribution is -0.117. The molecule has 1 unspecified atom stereocenters. The van der Waals surface area contributed by atoms with E-state index >= 15 is 0 Å². The molecule has 16 heavy (non-hydrogen) atoms. The molecule has 0 aromatic heterocycles. The quantitative estimate of drug-likeness (QED) is 0.504. The Morgan fingerprint density at radius 2 is 2.19 bits per heavy atom. The summed E-state index contributed by atoms with van der Waals surface area (Å²) in [7, 11) is 1.58. The first-order chi connectivity index (χ1) is 7.52. The molecule has 92 valence electrons. The molecule has 1 atom stereocenters. The van der Waals surface area contributed by atoms with Crippen LogP contribution in [0.5, 0.6) is 0 Å². The zero-order valence-electron chi connectivity index (χ0n) is 10.2. The number of nitrogens with one attached hydrogen (secondary N) is 1. The van der Waals surface area contributed by atoms with E-state index in [1.165, 1.54) is 6.08 Å². The fraction of sp³-hybridized carbons (Fsp3) is 0.583. The lowest BCUT2D eigenvalue weighted by Gasteiger charge is -2.22. The van der Waals surface area contributed by atoms with Gasteiger partial charge in [-0.2, -0.15) is 0 Å². The van der Waals surface area contributed by atoms with Crippen LogP contribution < -0.4 is 5.32 Å². The van der Waals surface area contributed by atoms with Gasteiger partial charge in [0.15, 0.2) is 0 Å². The van der Waals surface area contributed by atoms with Crippen LogP contribution in [0.3, 0.4) is 0 Å². The van der Waals surface area contributed by atoms with E-state index in [4.69, 9.17) is 4.74 Å². The molecule has 0 aliphatic carbocycles. The number of carbonyl (C=O) groups excluding carboxylic acids is 1. The third-order valence-corrected chi connectivity index (χ3v) is 2.04. The minimum Gasteiger partial charge on any atom is -0.388 e. The molecule has 0 rings (SSSR count). The van der Waals surface area contributed by atoms with E-state index in [1.54, 1.807) is 26.2 Å². The van der Waals surface area contributed by atoms with Gasteiger partial charge in [0, 0.05) is 32.8 Å². The van der Waals surface area contributed by atoms with E-state index in [1.807, 2.05) is 13.0 Å². The third kappa shape index (κ3) is 8.20. The SMILES string of the molecule is CC=C/C=C/C(=O)NCC(C)(O)CCOC. The van der Waals surface area contributed by atoms with E-state index < -0.39 is 5.60 Å². The Labute approximate surface area is 97.0 Å². The van der Waals surface area contributed by atoms with Crippen molar-refractivity contribution in [3.05, 3.63) is 24.3 Å². The van der Waals surface area contributed by atoms with Crippen molar-refractivity contribution in [3.8, 4) is 0 Å². The molecule has 0 aromatic carbocycles. The summed E-state index contributed by atoms with van der Waals surface area (Å²) in [6.07, 6.45) is 7.16. The summed E-state index contributed by atoms with van der Waals surface area (Å²) in [6, 6.07) is 0. The first-order valence-electron chi connectivity index (χ1n) is 5.30. The second-order valence-electron chi connectivity index (χ2n) is 3.84. The van der Waals surface area contributed by atoms with Crippen LogP contribution in [0.1, 0.15) is 20.3 Å². The van der Waals surface area contributed by atoms with Crippen molar-refractivity contribution < 1.29 is 14.6 Å². The summed E-state index contributed by atoms with van der Waals surface area (Å²) in [5.74, 6) is -0.212. The van der Waals surface area contributed by atoms with Crippen LogP contribution in [-0.2, 0) is 9.53 Å². The van der Waals surface area contributed by atoms with Gasteiger partial charge in [0.1, 0.15) is 0 Å². The summed E-state index contributed by atoms with van der Waals surface area (Å²) in [6.45, 7) is 4.23. The summed E-state index contributed by atoms with van der Waals surface area (Å²) in [5, 5.41) is 12.5. The van der Waals surface area contributed by atoms with Crippen molar-refractivity contribution >= 4 is 5.91 Å². The van der Waals surface area contributed by atoms with Crippen LogP contribution in [0.2, 0.25) is 0 Å². The molecule has 0 radical (unpaired) electrons. The van der Waals surface area contributed by atoms with Gasteiger partial charge < -0.3 is 15.2 Å². The minimum absolute atomic E-state index is 0.212. The van der Waals surface area contributed by atoms with Gasteiger partial charge in [-0.3, -0.25) is 4.79 Å². The monoisotopic (exact) mass is 227 g/mol. The van der Waals surface area contributed by atoms with Gasteiger partial charge in [0.2, 0.25) is 5.91 Å². The Bertz CT molecular complexity index is 257. The lowest BCUT2D eigenvalue weighted by atomic mass is 10.0. The third-order valence-electron chi connectivity index (χ3n) is 2.04. The molecular formula is C12H21NO3. The molecule has 0 aliphatic heterocycles. The zero-order valence-corrected chi connectivity index (χ0v) is 10.2. The maximum Gasteiger partial charge on any atom is 0.244 e. The Balaban J connectivity index is 3.89. The van der Waals surface area contributed by atoms with E-state index in [0.717, 1.165) is 0 Å². The van der Waals surface area contributed by atoms with Crippen molar-refractivity contribution in [1.29, 1.82) is 0 Å². The second-order valence-corrected chi connectivity index (χ2v) is 3.84. The first-order valence-corrected chi connectivity index (χ1v) is 5.30. The van der Waals surface area contributed by atoms with Crippen LogP contribution >= 0.6 is 0 Å². The van der Waals surface area contributed by atoms with Gasteiger partial charge in [-0.05, 0) is 13.8 Å². The van der Waals surface area contributed by atoms with Crippen LogP contribution in [-0.4, -0.2) is 36.9 Å². The van der Waals surface area contributed by atoms with Crippen LogP contribution in [0.15, 0.2) is 24.3 Å². The van der Waals surface area contributed by atoms with Crippen LogP contribution in [0.4, 0.5) is 0 Å². The van der Waals surface area contributed by atoms with Gasteiger partial charge >= 0.3 is 0 Å². The lowest BCUT2D eigenvalue weighted by Crippen LogP contribution is -2.40. The van der Waals surface area contributed by atoms with Gasteiger partial charge in [0.25, 0.3) is 0 Å². The number of aliphatic hydroxyl groups is 1. The summed E-state index contributed by atoms with van der Waals surface area (Å²) < 4.78 is 4.87. The van der Waals surface area contributed by atoms with Gasteiger partial charge in [-0.15, -0.1) is 0 Å². The molecule has 0 saturated carbocycles. The fourth-order valence-electron chi connectivity index (χ4n) is 1.00. The van der Waals surface area contributed by atoms with E-state index in [2.05, 4.69) is 5.32 Å². The molecule has 0 bridgehead atoms. The number of allylic oxidation sites excluding steroid dienone is 3. The number of methoxy groups -OCH3 is 1. The molecule has 0 spiro atoms.